The minimum Gasteiger partial charge on any atom is -0.298 e. The summed E-state index contributed by atoms with van der Waals surface area (Å²) in [5.41, 5.74) is 2.03. The second-order valence-electron chi connectivity index (χ2n) is 4.61. The van der Waals surface area contributed by atoms with Gasteiger partial charge in [-0.25, -0.2) is 9.37 Å². The van der Waals surface area contributed by atoms with Crippen LogP contribution in [0.3, 0.4) is 0 Å². The monoisotopic (exact) mass is 300 g/mol. The second kappa shape index (κ2) is 5.61. The fraction of sp³-hybridized carbons (Fsp3) is 0.125. The van der Waals surface area contributed by atoms with Crippen molar-refractivity contribution in [3.63, 3.8) is 0 Å². The molecule has 0 saturated carbocycles. The number of carbonyl (C=O) groups excluding carboxylic acids is 1. The molecule has 21 heavy (non-hydrogen) atoms. The number of anilines is 1. The molecule has 0 unspecified atom stereocenters. The molecule has 0 aliphatic heterocycles. The van der Waals surface area contributed by atoms with Gasteiger partial charge in [0.1, 0.15) is 11.3 Å². The molecule has 1 N–H and O–H groups in total. The maximum atomic E-state index is 13.6. The van der Waals surface area contributed by atoms with Gasteiger partial charge in [-0.1, -0.05) is 36.5 Å². The van der Waals surface area contributed by atoms with Gasteiger partial charge in [0, 0.05) is 5.56 Å². The van der Waals surface area contributed by atoms with Crippen LogP contribution in [-0.4, -0.2) is 10.9 Å². The summed E-state index contributed by atoms with van der Waals surface area (Å²) in [5.74, 6) is -0.617. The third-order valence-corrected chi connectivity index (χ3v) is 4.15. The molecule has 0 spiro atoms. The number of para-hydroxylation sites is 1. The number of aromatic nitrogens is 1. The van der Waals surface area contributed by atoms with E-state index in [1.807, 2.05) is 12.1 Å². The van der Waals surface area contributed by atoms with Crippen molar-refractivity contribution in [2.75, 3.05) is 5.32 Å². The van der Waals surface area contributed by atoms with E-state index in [2.05, 4.69) is 17.2 Å². The highest BCUT2D eigenvalue weighted by Gasteiger charge is 2.11. The molecule has 2 aromatic carbocycles. The summed E-state index contributed by atoms with van der Waals surface area (Å²) in [5, 5.41) is 3.12. The molecule has 5 heteroatoms. The summed E-state index contributed by atoms with van der Waals surface area (Å²) in [6, 6.07) is 12.2. The molecular formula is C16H13FN2OS. The molecule has 0 saturated heterocycles. The summed E-state index contributed by atoms with van der Waals surface area (Å²) < 4.78 is 14.3. The van der Waals surface area contributed by atoms with Gasteiger partial charge in [-0.3, -0.25) is 10.1 Å². The fourth-order valence-corrected chi connectivity index (χ4v) is 2.90. The highest BCUT2D eigenvalue weighted by atomic mass is 32.1. The van der Waals surface area contributed by atoms with Crippen LogP contribution in [-0.2, 0) is 6.42 Å². The zero-order valence-corrected chi connectivity index (χ0v) is 12.2. The Morgan fingerprint density at radius 3 is 2.67 bits per heavy atom. The van der Waals surface area contributed by atoms with Gasteiger partial charge in [-0.2, -0.15) is 0 Å². The highest BCUT2D eigenvalue weighted by molar-refractivity contribution is 7.22. The van der Waals surface area contributed by atoms with E-state index in [-0.39, 0.29) is 11.7 Å². The Hall–Kier alpha value is -2.27. The normalized spacial score (nSPS) is 10.8. The average Bonchev–Trinajstić information content (AvgIpc) is 2.91. The van der Waals surface area contributed by atoms with E-state index in [9.17, 15) is 9.18 Å². The van der Waals surface area contributed by atoms with Gasteiger partial charge in [0.2, 0.25) is 0 Å². The fourth-order valence-electron chi connectivity index (χ4n) is 2.03. The van der Waals surface area contributed by atoms with Gasteiger partial charge in [0.25, 0.3) is 5.91 Å². The van der Waals surface area contributed by atoms with E-state index in [0.29, 0.717) is 20.9 Å². The summed E-state index contributed by atoms with van der Waals surface area (Å²) in [6.45, 7) is 2.06. The van der Waals surface area contributed by atoms with E-state index in [1.54, 1.807) is 24.3 Å². The van der Waals surface area contributed by atoms with Crippen molar-refractivity contribution >= 4 is 32.6 Å². The number of nitrogens with one attached hydrogen (secondary N) is 1. The number of benzene rings is 2. The minimum absolute atomic E-state index is 0.239. The van der Waals surface area contributed by atoms with Gasteiger partial charge >= 0.3 is 0 Å². The van der Waals surface area contributed by atoms with E-state index in [0.717, 1.165) is 6.42 Å². The smallest absolute Gasteiger partial charge is 0.257 e. The van der Waals surface area contributed by atoms with Crippen LogP contribution in [0.2, 0.25) is 0 Å². The average molecular weight is 300 g/mol. The summed E-state index contributed by atoms with van der Waals surface area (Å²) in [7, 11) is 0. The lowest BCUT2D eigenvalue weighted by atomic mass is 10.1. The van der Waals surface area contributed by atoms with E-state index in [4.69, 9.17) is 0 Å². The first-order valence-electron chi connectivity index (χ1n) is 6.62. The molecule has 0 bridgehead atoms. The molecule has 3 aromatic rings. The SMILES string of the molecule is CCc1ccc(C(=O)Nc2nc3c(F)cccc3s2)cc1. The maximum absolute atomic E-state index is 13.6. The maximum Gasteiger partial charge on any atom is 0.257 e. The first-order chi connectivity index (χ1) is 10.2. The Morgan fingerprint density at radius 2 is 2.00 bits per heavy atom. The number of thiazole rings is 1. The standard InChI is InChI=1S/C16H13FN2OS/c1-2-10-6-8-11(9-7-10)15(20)19-16-18-14-12(17)4-3-5-13(14)21-16/h3-9H,2H2,1H3,(H,18,19,20). The number of nitrogens with zero attached hydrogens (tertiary/aromatic N) is 1. The van der Waals surface area contributed by atoms with Gasteiger partial charge in [-0.15, -0.1) is 0 Å². The van der Waals surface area contributed by atoms with Gasteiger partial charge in [0.15, 0.2) is 5.13 Å². The molecule has 1 amide bonds. The minimum atomic E-state index is -0.378. The lowest BCUT2D eigenvalue weighted by molar-refractivity contribution is 0.102. The molecule has 3 nitrogen and oxygen atoms in total. The number of hydrogen-bond donors (Lipinski definition) is 1. The quantitative estimate of drug-likeness (QED) is 0.785. The van der Waals surface area contributed by atoms with Crippen molar-refractivity contribution in [3.8, 4) is 0 Å². The van der Waals surface area contributed by atoms with Crippen LogP contribution >= 0.6 is 11.3 Å². The van der Waals surface area contributed by atoms with Gasteiger partial charge in [0.05, 0.1) is 4.70 Å². The first kappa shape index (κ1) is 13.7. The van der Waals surface area contributed by atoms with Crippen molar-refractivity contribution in [2.24, 2.45) is 0 Å². The van der Waals surface area contributed by atoms with Crippen LogP contribution in [0.25, 0.3) is 10.2 Å². The predicted octanol–water partition coefficient (Wildman–Crippen LogP) is 4.25. The molecule has 0 atom stereocenters. The van der Waals surface area contributed by atoms with Gasteiger partial charge < -0.3 is 0 Å². The highest BCUT2D eigenvalue weighted by Crippen LogP contribution is 2.27. The van der Waals surface area contributed by atoms with Crippen LogP contribution in [0.5, 0.6) is 0 Å². The Balaban J connectivity index is 1.83. The topological polar surface area (TPSA) is 42.0 Å². The molecule has 0 radical (unpaired) electrons. The zero-order valence-electron chi connectivity index (χ0n) is 11.4. The number of fused-ring (bicyclic) bond motifs is 1. The number of halogens is 1. The molecule has 0 aliphatic rings. The van der Waals surface area contributed by atoms with Crippen molar-refractivity contribution in [3.05, 3.63) is 59.4 Å². The number of carbonyl (C=O) groups is 1. The molecule has 106 valence electrons. The third kappa shape index (κ3) is 2.78. The van der Waals surface area contributed by atoms with Crippen LogP contribution in [0, 0.1) is 5.82 Å². The Labute approximate surface area is 125 Å². The second-order valence-corrected chi connectivity index (χ2v) is 5.64. The van der Waals surface area contributed by atoms with Crippen molar-refractivity contribution in [1.82, 2.24) is 4.98 Å². The summed E-state index contributed by atoms with van der Waals surface area (Å²) >= 11 is 1.26. The molecular weight excluding hydrogens is 287 g/mol. The molecule has 1 heterocycles. The molecule has 3 rings (SSSR count). The van der Waals surface area contributed by atoms with Crippen molar-refractivity contribution in [1.29, 1.82) is 0 Å². The number of aryl methyl sites for hydroxylation is 1. The number of rotatable bonds is 3. The van der Waals surface area contributed by atoms with Crippen LogP contribution < -0.4 is 5.32 Å². The lowest BCUT2D eigenvalue weighted by Crippen LogP contribution is -2.11. The molecule has 0 fully saturated rings. The summed E-state index contributed by atoms with van der Waals surface area (Å²) in [6.07, 6.45) is 0.930. The Kier molecular flexibility index (Phi) is 3.66. The van der Waals surface area contributed by atoms with Crippen LogP contribution in [0.4, 0.5) is 9.52 Å². The number of hydrogen-bond acceptors (Lipinski definition) is 3. The van der Waals surface area contributed by atoms with Gasteiger partial charge in [-0.05, 0) is 36.2 Å². The lowest BCUT2D eigenvalue weighted by Gasteiger charge is -2.02. The molecule has 1 aromatic heterocycles. The van der Waals surface area contributed by atoms with E-state index >= 15 is 0 Å². The Bertz CT molecular complexity index is 796. The van der Waals surface area contributed by atoms with Crippen molar-refractivity contribution in [2.45, 2.75) is 13.3 Å². The zero-order chi connectivity index (χ0) is 14.8. The van der Waals surface area contributed by atoms with Crippen LogP contribution in [0.15, 0.2) is 42.5 Å². The Morgan fingerprint density at radius 1 is 1.24 bits per heavy atom. The predicted molar refractivity (Wildman–Crippen MR) is 83.4 cm³/mol. The molecule has 0 aliphatic carbocycles. The van der Waals surface area contributed by atoms with E-state index in [1.165, 1.54) is 23.0 Å². The van der Waals surface area contributed by atoms with Crippen molar-refractivity contribution < 1.29 is 9.18 Å². The van der Waals surface area contributed by atoms with Crippen LogP contribution in [0.1, 0.15) is 22.8 Å². The largest absolute Gasteiger partial charge is 0.298 e. The summed E-state index contributed by atoms with van der Waals surface area (Å²) in [4.78, 5) is 16.3. The first-order valence-corrected chi connectivity index (χ1v) is 7.44. The third-order valence-electron chi connectivity index (χ3n) is 3.21. The van der Waals surface area contributed by atoms with E-state index < -0.39 is 0 Å². The number of amides is 1.